The molecule has 3 rings (SSSR count). The molecule has 0 aliphatic heterocycles. The van der Waals surface area contributed by atoms with Gasteiger partial charge in [0, 0.05) is 5.69 Å². The lowest BCUT2D eigenvalue weighted by atomic mass is 10.3. The minimum absolute atomic E-state index is 0.0331. The third-order valence-corrected chi connectivity index (χ3v) is 6.07. The smallest absolute Gasteiger partial charge is 0.235 e. The molecule has 0 saturated carbocycles. The van der Waals surface area contributed by atoms with Crippen LogP contribution >= 0.6 is 11.3 Å². The molecule has 5 nitrogen and oxygen atoms in total. The van der Waals surface area contributed by atoms with Crippen LogP contribution in [0.4, 0.5) is 11.4 Å². The Morgan fingerprint density at radius 2 is 1.80 bits per heavy atom. The minimum atomic E-state index is -3.72. The van der Waals surface area contributed by atoms with E-state index in [0.717, 1.165) is 16.0 Å². The zero-order valence-electron chi connectivity index (χ0n) is 10.3. The van der Waals surface area contributed by atoms with Crippen LogP contribution in [-0.2, 0) is 9.84 Å². The molecule has 20 heavy (non-hydrogen) atoms. The fourth-order valence-electron chi connectivity index (χ4n) is 1.87. The van der Waals surface area contributed by atoms with Crippen LogP contribution in [0.2, 0.25) is 0 Å². The van der Waals surface area contributed by atoms with E-state index in [9.17, 15) is 8.42 Å². The third kappa shape index (κ3) is 2.00. The molecule has 4 N–H and O–H groups in total. The zero-order chi connectivity index (χ0) is 14.3. The molecule has 0 atom stereocenters. The van der Waals surface area contributed by atoms with E-state index < -0.39 is 9.84 Å². The van der Waals surface area contributed by atoms with Crippen molar-refractivity contribution in [3.8, 4) is 0 Å². The number of nitrogens with two attached hydrogens (primary N) is 2. The summed E-state index contributed by atoms with van der Waals surface area (Å²) in [5.74, 6) is 0. The molecule has 1 heterocycles. The van der Waals surface area contributed by atoms with Crippen molar-refractivity contribution in [3.05, 3.63) is 42.5 Å². The van der Waals surface area contributed by atoms with E-state index in [2.05, 4.69) is 4.98 Å². The van der Waals surface area contributed by atoms with Gasteiger partial charge in [0.1, 0.15) is 0 Å². The Labute approximate surface area is 119 Å². The maximum atomic E-state index is 12.6. The van der Waals surface area contributed by atoms with Crippen molar-refractivity contribution in [1.82, 2.24) is 4.98 Å². The van der Waals surface area contributed by atoms with E-state index in [-0.39, 0.29) is 14.9 Å². The number of para-hydroxylation sites is 1. The normalized spacial score (nSPS) is 11.8. The predicted molar refractivity (Wildman–Crippen MR) is 80.3 cm³/mol. The first-order chi connectivity index (χ1) is 9.48. The SMILES string of the molecule is Nc1ccc(S(=O)(=O)c2nc3ccccc3s2)c(N)c1. The standard InChI is InChI=1S/C13H11N3O2S2/c14-8-5-6-12(9(15)7-8)20(17,18)13-16-10-3-1-2-4-11(10)19-13/h1-7H,14-15H2. The topological polar surface area (TPSA) is 99.1 Å². The lowest BCUT2D eigenvalue weighted by molar-refractivity contribution is 0.596. The summed E-state index contributed by atoms with van der Waals surface area (Å²) in [6.45, 7) is 0. The van der Waals surface area contributed by atoms with E-state index in [1.54, 1.807) is 6.07 Å². The Balaban J connectivity index is 2.20. The molecule has 3 aromatic rings. The highest BCUT2D eigenvalue weighted by Crippen LogP contribution is 2.32. The van der Waals surface area contributed by atoms with Gasteiger partial charge in [-0.3, -0.25) is 0 Å². The lowest BCUT2D eigenvalue weighted by Gasteiger charge is -2.05. The van der Waals surface area contributed by atoms with Crippen LogP contribution in [0.5, 0.6) is 0 Å². The molecule has 102 valence electrons. The molecule has 0 spiro atoms. The summed E-state index contributed by atoms with van der Waals surface area (Å²) in [5, 5.41) is 0. The Morgan fingerprint density at radius 1 is 1.05 bits per heavy atom. The summed E-state index contributed by atoms with van der Waals surface area (Å²) in [7, 11) is -3.72. The van der Waals surface area contributed by atoms with Gasteiger partial charge in [0.2, 0.25) is 14.2 Å². The van der Waals surface area contributed by atoms with Gasteiger partial charge in [-0.1, -0.05) is 12.1 Å². The summed E-state index contributed by atoms with van der Waals surface area (Å²) in [5.41, 5.74) is 12.5. The molecule has 0 aliphatic rings. The van der Waals surface area contributed by atoms with Crippen molar-refractivity contribution < 1.29 is 8.42 Å². The minimum Gasteiger partial charge on any atom is -0.399 e. The van der Waals surface area contributed by atoms with Gasteiger partial charge in [-0.2, -0.15) is 0 Å². The Kier molecular flexibility index (Phi) is 2.88. The van der Waals surface area contributed by atoms with Gasteiger partial charge < -0.3 is 11.5 Å². The molecule has 0 unspecified atom stereocenters. The van der Waals surface area contributed by atoms with E-state index >= 15 is 0 Å². The van der Waals surface area contributed by atoms with Gasteiger partial charge in [0.05, 0.1) is 20.8 Å². The second kappa shape index (κ2) is 4.46. The molecule has 0 amide bonds. The molecule has 0 saturated heterocycles. The van der Waals surface area contributed by atoms with Gasteiger partial charge in [-0.25, -0.2) is 13.4 Å². The highest BCUT2D eigenvalue weighted by atomic mass is 32.2. The molecule has 2 aromatic carbocycles. The number of benzene rings is 2. The highest BCUT2D eigenvalue weighted by Gasteiger charge is 2.24. The average Bonchev–Trinajstić information content (AvgIpc) is 2.82. The second-order valence-electron chi connectivity index (χ2n) is 4.25. The molecular formula is C13H11N3O2S2. The number of fused-ring (bicyclic) bond motifs is 1. The largest absolute Gasteiger partial charge is 0.399 e. The summed E-state index contributed by atoms with van der Waals surface area (Å²) in [6.07, 6.45) is 0. The number of nitrogens with zero attached hydrogens (tertiary/aromatic N) is 1. The number of rotatable bonds is 2. The van der Waals surface area contributed by atoms with Crippen molar-refractivity contribution in [2.24, 2.45) is 0 Å². The number of hydrogen-bond donors (Lipinski definition) is 2. The van der Waals surface area contributed by atoms with Crippen LogP contribution in [0.3, 0.4) is 0 Å². The van der Waals surface area contributed by atoms with Crippen molar-refractivity contribution in [2.75, 3.05) is 11.5 Å². The van der Waals surface area contributed by atoms with E-state index in [0.29, 0.717) is 11.2 Å². The first-order valence-electron chi connectivity index (χ1n) is 5.74. The van der Waals surface area contributed by atoms with Crippen LogP contribution in [0.25, 0.3) is 10.2 Å². The first-order valence-corrected chi connectivity index (χ1v) is 8.04. The zero-order valence-corrected chi connectivity index (χ0v) is 11.9. The number of hydrogen-bond acceptors (Lipinski definition) is 6. The number of aromatic nitrogens is 1. The van der Waals surface area contributed by atoms with Crippen LogP contribution in [-0.4, -0.2) is 13.4 Å². The van der Waals surface area contributed by atoms with Gasteiger partial charge in [-0.15, -0.1) is 11.3 Å². The molecule has 0 fully saturated rings. The van der Waals surface area contributed by atoms with Crippen molar-refractivity contribution >= 4 is 42.8 Å². The molecule has 0 aliphatic carbocycles. The van der Waals surface area contributed by atoms with Crippen molar-refractivity contribution in [1.29, 1.82) is 0 Å². The third-order valence-electron chi connectivity index (χ3n) is 2.83. The van der Waals surface area contributed by atoms with Gasteiger partial charge in [-0.05, 0) is 30.3 Å². The number of sulfone groups is 1. The Hall–Kier alpha value is -2.12. The average molecular weight is 305 g/mol. The molecule has 1 aromatic heterocycles. The second-order valence-corrected chi connectivity index (χ2v) is 7.37. The summed E-state index contributed by atoms with van der Waals surface area (Å²) in [4.78, 5) is 4.20. The Morgan fingerprint density at radius 3 is 2.50 bits per heavy atom. The number of anilines is 2. The van der Waals surface area contributed by atoms with Gasteiger partial charge in [0.15, 0.2) is 0 Å². The molecular weight excluding hydrogens is 294 g/mol. The maximum Gasteiger partial charge on any atom is 0.235 e. The predicted octanol–water partition coefficient (Wildman–Crippen LogP) is 2.29. The summed E-state index contributed by atoms with van der Waals surface area (Å²) in [6, 6.07) is 11.6. The van der Waals surface area contributed by atoms with Crippen LogP contribution in [0, 0.1) is 0 Å². The van der Waals surface area contributed by atoms with Crippen LogP contribution in [0.15, 0.2) is 51.7 Å². The van der Waals surface area contributed by atoms with Gasteiger partial charge in [0.25, 0.3) is 0 Å². The fourth-order valence-corrected chi connectivity index (χ4v) is 4.57. The van der Waals surface area contributed by atoms with E-state index in [1.165, 1.54) is 18.2 Å². The quantitative estimate of drug-likeness (QED) is 0.708. The van der Waals surface area contributed by atoms with Crippen molar-refractivity contribution in [3.63, 3.8) is 0 Å². The Bertz CT molecular complexity index is 868. The van der Waals surface area contributed by atoms with E-state index in [1.807, 2.05) is 18.2 Å². The fraction of sp³-hybridized carbons (Fsp3) is 0. The van der Waals surface area contributed by atoms with Crippen molar-refractivity contribution in [2.45, 2.75) is 9.24 Å². The number of nitrogen functional groups attached to an aromatic ring is 2. The van der Waals surface area contributed by atoms with Crippen LogP contribution < -0.4 is 11.5 Å². The molecule has 0 bridgehead atoms. The summed E-state index contributed by atoms with van der Waals surface area (Å²) < 4.78 is 26.0. The maximum absolute atomic E-state index is 12.6. The molecule has 0 radical (unpaired) electrons. The summed E-state index contributed by atoms with van der Waals surface area (Å²) >= 11 is 1.13. The first kappa shape index (κ1) is 12.9. The van der Waals surface area contributed by atoms with Gasteiger partial charge >= 0.3 is 0 Å². The lowest BCUT2D eigenvalue weighted by Crippen LogP contribution is -2.05. The monoisotopic (exact) mass is 305 g/mol. The molecule has 7 heteroatoms. The number of thiazole rings is 1. The highest BCUT2D eigenvalue weighted by molar-refractivity contribution is 7.93. The van der Waals surface area contributed by atoms with E-state index in [4.69, 9.17) is 11.5 Å². The van der Waals surface area contributed by atoms with Crippen LogP contribution in [0.1, 0.15) is 0 Å².